The van der Waals surface area contributed by atoms with Crippen LogP contribution in [0.5, 0.6) is 0 Å². The Bertz CT molecular complexity index is 1200. The van der Waals surface area contributed by atoms with Crippen LogP contribution in [0.25, 0.3) is 16.9 Å². The van der Waals surface area contributed by atoms with E-state index in [0.717, 1.165) is 48.8 Å². The molecule has 1 fully saturated rings. The second-order valence-electron chi connectivity index (χ2n) is 7.41. The number of nitrogens with zero attached hydrogens (tertiary/aromatic N) is 6. The summed E-state index contributed by atoms with van der Waals surface area (Å²) in [5, 5.41) is 20.2. The van der Waals surface area contributed by atoms with E-state index in [1.807, 2.05) is 54.7 Å². The van der Waals surface area contributed by atoms with E-state index in [9.17, 15) is 10.1 Å². The van der Waals surface area contributed by atoms with Crippen LogP contribution in [0.1, 0.15) is 24.6 Å². The van der Waals surface area contributed by atoms with Gasteiger partial charge in [-0.05, 0) is 31.0 Å². The zero-order valence-electron chi connectivity index (χ0n) is 16.3. The van der Waals surface area contributed by atoms with Crippen LogP contribution in [0.2, 0.25) is 0 Å². The third-order valence-corrected chi connectivity index (χ3v) is 5.63. The van der Waals surface area contributed by atoms with Gasteiger partial charge in [-0.2, -0.15) is 0 Å². The van der Waals surface area contributed by atoms with Gasteiger partial charge in [-0.3, -0.25) is 14.5 Å². The van der Waals surface area contributed by atoms with Crippen LogP contribution < -0.4 is 4.90 Å². The van der Waals surface area contributed by atoms with Gasteiger partial charge in [-0.1, -0.05) is 36.4 Å². The molecule has 30 heavy (non-hydrogen) atoms. The van der Waals surface area contributed by atoms with Gasteiger partial charge in [0.05, 0.1) is 4.92 Å². The molecule has 0 amide bonds. The van der Waals surface area contributed by atoms with Crippen LogP contribution >= 0.6 is 0 Å². The molecule has 0 bridgehead atoms. The standard InChI is InChI=1S/C22H20N6O2/c29-28(30)18-9-10-19(23-21(18)16-6-2-1-3-7-16)26-14-11-17(12-15-26)22-25-24-20-8-4-5-13-27(20)22/h1-10,13,17H,11-12,14-15H2. The quantitative estimate of drug-likeness (QED) is 0.379. The van der Waals surface area contributed by atoms with Crippen molar-refractivity contribution in [3.63, 3.8) is 0 Å². The van der Waals surface area contributed by atoms with E-state index in [4.69, 9.17) is 0 Å². The average Bonchev–Trinajstić information content (AvgIpc) is 3.23. The second kappa shape index (κ2) is 7.55. The molecule has 1 aliphatic rings. The van der Waals surface area contributed by atoms with Crippen molar-refractivity contribution in [1.29, 1.82) is 0 Å². The van der Waals surface area contributed by atoms with Crippen molar-refractivity contribution in [2.24, 2.45) is 0 Å². The Labute approximate surface area is 173 Å². The topological polar surface area (TPSA) is 89.5 Å². The first-order chi connectivity index (χ1) is 14.7. The molecule has 0 unspecified atom stereocenters. The van der Waals surface area contributed by atoms with Crippen LogP contribution in [-0.4, -0.2) is 37.6 Å². The summed E-state index contributed by atoms with van der Waals surface area (Å²) in [6.45, 7) is 1.62. The number of nitro groups is 1. The summed E-state index contributed by atoms with van der Waals surface area (Å²) in [5.41, 5.74) is 2.04. The van der Waals surface area contributed by atoms with E-state index in [0.29, 0.717) is 11.6 Å². The third-order valence-electron chi connectivity index (χ3n) is 5.63. The van der Waals surface area contributed by atoms with Crippen molar-refractivity contribution < 1.29 is 4.92 Å². The first-order valence-electron chi connectivity index (χ1n) is 9.96. The van der Waals surface area contributed by atoms with Gasteiger partial charge in [-0.15, -0.1) is 10.2 Å². The highest BCUT2D eigenvalue weighted by atomic mass is 16.6. The van der Waals surface area contributed by atoms with Crippen LogP contribution in [0.15, 0.2) is 66.9 Å². The highest BCUT2D eigenvalue weighted by Gasteiger charge is 2.26. The van der Waals surface area contributed by atoms with E-state index in [1.165, 1.54) is 0 Å². The number of fused-ring (bicyclic) bond motifs is 1. The maximum absolute atomic E-state index is 11.5. The van der Waals surface area contributed by atoms with E-state index in [2.05, 4.69) is 24.5 Å². The maximum atomic E-state index is 11.5. The molecule has 0 spiro atoms. The predicted octanol–water partition coefficient (Wildman–Crippen LogP) is 4.08. The zero-order chi connectivity index (χ0) is 20.5. The number of hydrogen-bond donors (Lipinski definition) is 0. The minimum Gasteiger partial charge on any atom is -0.357 e. The first kappa shape index (κ1) is 18.2. The van der Waals surface area contributed by atoms with Crippen molar-refractivity contribution in [2.45, 2.75) is 18.8 Å². The normalized spacial score (nSPS) is 14.9. The number of benzene rings is 1. The molecule has 8 nitrogen and oxygen atoms in total. The molecule has 0 N–H and O–H groups in total. The van der Waals surface area contributed by atoms with Crippen LogP contribution in [0.4, 0.5) is 11.5 Å². The zero-order valence-corrected chi connectivity index (χ0v) is 16.3. The lowest BCUT2D eigenvalue weighted by Crippen LogP contribution is -2.34. The number of aromatic nitrogens is 4. The summed E-state index contributed by atoms with van der Waals surface area (Å²) in [6.07, 6.45) is 3.85. The summed E-state index contributed by atoms with van der Waals surface area (Å²) >= 11 is 0. The Hall–Kier alpha value is -3.81. The number of hydrogen-bond acceptors (Lipinski definition) is 6. The maximum Gasteiger partial charge on any atom is 0.295 e. The van der Waals surface area contributed by atoms with Gasteiger partial charge in [0.1, 0.15) is 11.6 Å². The smallest absolute Gasteiger partial charge is 0.295 e. The van der Waals surface area contributed by atoms with E-state index >= 15 is 0 Å². The fraction of sp³-hybridized carbons (Fsp3) is 0.227. The molecular weight excluding hydrogens is 380 g/mol. The van der Waals surface area contributed by atoms with Crippen molar-refractivity contribution in [1.82, 2.24) is 19.6 Å². The molecule has 1 aliphatic heterocycles. The molecule has 1 saturated heterocycles. The molecule has 150 valence electrons. The second-order valence-corrected chi connectivity index (χ2v) is 7.41. The Kier molecular flexibility index (Phi) is 4.59. The van der Waals surface area contributed by atoms with Crippen molar-refractivity contribution >= 4 is 17.2 Å². The minimum atomic E-state index is -0.373. The summed E-state index contributed by atoms with van der Waals surface area (Å²) < 4.78 is 2.05. The summed E-state index contributed by atoms with van der Waals surface area (Å²) in [7, 11) is 0. The Morgan fingerprint density at radius 1 is 0.933 bits per heavy atom. The largest absolute Gasteiger partial charge is 0.357 e. The molecule has 1 aromatic carbocycles. The molecule has 0 aliphatic carbocycles. The predicted molar refractivity (Wildman–Crippen MR) is 114 cm³/mol. The number of piperidine rings is 1. The van der Waals surface area contributed by atoms with E-state index < -0.39 is 0 Å². The number of rotatable bonds is 4. The highest BCUT2D eigenvalue weighted by Crippen LogP contribution is 2.33. The van der Waals surface area contributed by atoms with Gasteiger partial charge in [0, 0.05) is 36.8 Å². The summed E-state index contributed by atoms with van der Waals surface area (Å²) in [4.78, 5) is 18.0. The lowest BCUT2D eigenvalue weighted by molar-refractivity contribution is -0.384. The van der Waals surface area contributed by atoms with Gasteiger partial charge in [-0.25, -0.2) is 4.98 Å². The number of pyridine rings is 2. The molecule has 4 aromatic rings. The lowest BCUT2D eigenvalue weighted by atomic mass is 9.96. The van der Waals surface area contributed by atoms with Gasteiger partial charge < -0.3 is 4.90 Å². The Morgan fingerprint density at radius 3 is 2.47 bits per heavy atom. The molecule has 8 heteroatoms. The molecule has 0 atom stereocenters. The highest BCUT2D eigenvalue weighted by molar-refractivity contribution is 5.71. The fourth-order valence-corrected chi connectivity index (χ4v) is 4.08. The van der Waals surface area contributed by atoms with E-state index in [1.54, 1.807) is 12.1 Å². The molecule has 0 radical (unpaired) electrons. The summed E-state index contributed by atoms with van der Waals surface area (Å²) in [5.74, 6) is 2.08. The Balaban J connectivity index is 1.39. The van der Waals surface area contributed by atoms with Crippen LogP contribution in [0.3, 0.4) is 0 Å². The van der Waals surface area contributed by atoms with Gasteiger partial charge in [0.15, 0.2) is 11.3 Å². The molecule has 4 heterocycles. The van der Waals surface area contributed by atoms with Gasteiger partial charge in [0.25, 0.3) is 5.69 Å². The SMILES string of the molecule is O=[N+]([O-])c1ccc(N2CCC(c3nnc4ccccn34)CC2)nc1-c1ccccc1. The third kappa shape index (κ3) is 3.26. The van der Waals surface area contributed by atoms with Crippen LogP contribution in [0, 0.1) is 10.1 Å². The molecular formula is C22H20N6O2. The monoisotopic (exact) mass is 400 g/mol. The summed E-state index contributed by atoms with van der Waals surface area (Å²) in [6, 6.07) is 18.5. The van der Waals surface area contributed by atoms with E-state index in [-0.39, 0.29) is 10.6 Å². The van der Waals surface area contributed by atoms with Crippen LogP contribution in [-0.2, 0) is 0 Å². The first-order valence-corrected chi connectivity index (χ1v) is 9.96. The molecule has 0 saturated carbocycles. The lowest BCUT2D eigenvalue weighted by Gasteiger charge is -2.32. The Morgan fingerprint density at radius 2 is 1.70 bits per heavy atom. The minimum absolute atomic E-state index is 0.0229. The van der Waals surface area contributed by atoms with Crippen molar-refractivity contribution in [3.05, 3.63) is 82.8 Å². The van der Waals surface area contributed by atoms with Crippen molar-refractivity contribution in [3.8, 4) is 11.3 Å². The van der Waals surface area contributed by atoms with Gasteiger partial charge >= 0.3 is 0 Å². The van der Waals surface area contributed by atoms with Gasteiger partial charge in [0.2, 0.25) is 0 Å². The average molecular weight is 400 g/mol. The molecule has 5 rings (SSSR count). The number of anilines is 1. The fourth-order valence-electron chi connectivity index (χ4n) is 4.08. The molecule has 3 aromatic heterocycles. The van der Waals surface area contributed by atoms with Crippen molar-refractivity contribution in [2.75, 3.05) is 18.0 Å².